The number of halogens is 2. The number of hydrogen-bond acceptors (Lipinski definition) is 3. The molecule has 1 saturated heterocycles. The van der Waals surface area contributed by atoms with Gasteiger partial charge in [0.05, 0.1) is 24.0 Å². The highest BCUT2D eigenvalue weighted by atomic mass is 35.5. The van der Waals surface area contributed by atoms with Gasteiger partial charge in [-0.3, -0.25) is 9.59 Å². The molecule has 1 heterocycles. The summed E-state index contributed by atoms with van der Waals surface area (Å²) in [5.41, 5.74) is 0.839. The predicted octanol–water partition coefficient (Wildman–Crippen LogP) is 5.45. The molecule has 2 aliphatic rings. The van der Waals surface area contributed by atoms with Crippen LogP contribution in [0.1, 0.15) is 62.1 Å². The summed E-state index contributed by atoms with van der Waals surface area (Å²) in [6, 6.07) is 14.6. The number of likely N-dealkylation sites (tertiary alicyclic amines) is 1. The Labute approximate surface area is 197 Å². The first-order chi connectivity index (χ1) is 15.2. The number of aliphatic hydroxyl groups excluding tert-OH is 1. The molecule has 7 heteroatoms. The van der Waals surface area contributed by atoms with Gasteiger partial charge in [0.2, 0.25) is 5.91 Å². The molecule has 0 bridgehead atoms. The smallest absolute Gasteiger partial charge is 0.304 e. The summed E-state index contributed by atoms with van der Waals surface area (Å²) in [4.78, 5) is 27.5. The van der Waals surface area contributed by atoms with E-state index in [1.165, 1.54) is 0 Å². The third-order valence-electron chi connectivity index (χ3n) is 6.90. The van der Waals surface area contributed by atoms with Gasteiger partial charge >= 0.3 is 5.97 Å². The van der Waals surface area contributed by atoms with Gasteiger partial charge < -0.3 is 15.1 Å². The number of carbonyl (C=O) groups excluding carboxylic acids is 1. The van der Waals surface area contributed by atoms with Gasteiger partial charge in [-0.1, -0.05) is 54.4 Å². The number of carboxylic acid groups (broad SMARTS) is 1. The first-order valence-electron chi connectivity index (χ1n) is 10.9. The highest BCUT2D eigenvalue weighted by molar-refractivity contribution is 6.30. The number of amides is 1. The number of rotatable bonds is 5. The van der Waals surface area contributed by atoms with Gasteiger partial charge in [-0.2, -0.15) is 0 Å². The van der Waals surface area contributed by atoms with Crippen LogP contribution < -0.4 is 0 Å². The Morgan fingerprint density at radius 1 is 1.09 bits per heavy atom. The molecule has 2 aromatic carbocycles. The van der Waals surface area contributed by atoms with E-state index in [1.54, 1.807) is 13.0 Å². The Morgan fingerprint density at radius 2 is 1.81 bits per heavy atom. The topological polar surface area (TPSA) is 77.8 Å². The van der Waals surface area contributed by atoms with Gasteiger partial charge in [-0.05, 0) is 61.1 Å². The minimum absolute atomic E-state index is 0.158. The molecule has 170 valence electrons. The summed E-state index contributed by atoms with van der Waals surface area (Å²) < 4.78 is 0. The van der Waals surface area contributed by atoms with Crippen molar-refractivity contribution in [3.8, 4) is 0 Å². The van der Waals surface area contributed by atoms with Gasteiger partial charge in [0.25, 0.3) is 0 Å². The Hall–Kier alpha value is -2.08. The average Bonchev–Trinajstić information content (AvgIpc) is 3.16. The fraction of sp³-hybridized carbons (Fsp3) is 0.440. The van der Waals surface area contributed by atoms with Gasteiger partial charge in [-0.25, -0.2) is 0 Å². The number of hydrogen-bond donors (Lipinski definition) is 2. The zero-order valence-electron chi connectivity index (χ0n) is 17.9. The molecule has 32 heavy (non-hydrogen) atoms. The maximum atomic E-state index is 13.9. The van der Waals surface area contributed by atoms with Crippen LogP contribution in [0.25, 0.3) is 0 Å². The molecule has 0 aromatic heterocycles. The van der Waals surface area contributed by atoms with Gasteiger partial charge in [0.15, 0.2) is 0 Å². The quantitative estimate of drug-likeness (QED) is 0.602. The first-order valence-corrected chi connectivity index (χ1v) is 11.7. The van der Waals surface area contributed by atoms with E-state index in [4.69, 9.17) is 23.2 Å². The lowest BCUT2D eigenvalue weighted by molar-refractivity contribution is -0.160. The molecule has 0 unspecified atom stereocenters. The van der Waals surface area contributed by atoms with Gasteiger partial charge in [0.1, 0.15) is 0 Å². The number of carbonyl (C=O) groups is 2. The monoisotopic (exact) mass is 475 g/mol. The number of benzene rings is 2. The number of aliphatic carboxylic acids is 1. The van der Waals surface area contributed by atoms with Crippen LogP contribution in [0.5, 0.6) is 0 Å². The van der Waals surface area contributed by atoms with Crippen molar-refractivity contribution in [2.75, 3.05) is 0 Å². The van der Waals surface area contributed by atoms with Crippen LogP contribution in [0, 0.1) is 5.41 Å². The summed E-state index contributed by atoms with van der Waals surface area (Å²) >= 11 is 12.5. The molecule has 0 radical (unpaired) electrons. The van der Waals surface area contributed by atoms with Crippen LogP contribution in [-0.4, -0.2) is 39.1 Å². The van der Waals surface area contributed by atoms with Gasteiger partial charge in [0, 0.05) is 22.0 Å². The van der Waals surface area contributed by atoms with Crippen molar-refractivity contribution >= 4 is 35.1 Å². The molecule has 1 amide bonds. The minimum Gasteiger partial charge on any atom is -0.481 e. The molecule has 1 aliphatic heterocycles. The maximum Gasteiger partial charge on any atom is 0.304 e. The predicted molar refractivity (Wildman–Crippen MR) is 124 cm³/mol. The Bertz CT molecular complexity index is 1010. The summed E-state index contributed by atoms with van der Waals surface area (Å²) in [7, 11) is 0. The molecule has 2 N–H and O–H groups in total. The van der Waals surface area contributed by atoms with Crippen LogP contribution in [-0.2, 0) is 9.59 Å². The highest BCUT2D eigenvalue weighted by Crippen LogP contribution is 2.53. The highest BCUT2D eigenvalue weighted by Gasteiger charge is 2.53. The molecule has 1 saturated carbocycles. The molecule has 5 atom stereocenters. The van der Waals surface area contributed by atoms with E-state index in [1.807, 2.05) is 47.4 Å². The lowest BCUT2D eigenvalue weighted by Gasteiger charge is -2.51. The largest absolute Gasteiger partial charge is 0.481 e. The van der Waals surface area contributed by atoms with Crippen LogP contribution >= 0.6 is 23.2 Å². The molecule has 4 rings (SSSR count). The third-order valence-corrected chi connectivity index (χ3v) is 7.39. The van der Waals surface area contributed by atoms with Crippen molar-refractivity contribution in [3.63, 3.8) is 0 Å². The van der Waals surface area contributed by atoms with Crippen LogP contribution in [0.3, 0.4) is 0 Å². The fourth-order valence-corrected chi connectivity index (χ4v) is 5.79. The van der Waals surface area contributed by atoms with Crippen molar-refractivity contribution in [1.29, 1.82) is 0 Å². The zero-order chi connectivity index (χ0) is 23.0. The molecular formula is C25H27Cl2NO4. The number of piperidine rings is 1. The Kier molecular flexibility index (Phi) is 6.53. The van der Waals surface area contributed by atoms with Crippen molar-refractivity contribution in [2.24, 2.45) is 5.41 Å². The molecular weight excluding hydrogens is 449 g/mol. The van der Waals surface area contributed by atoms with E-state index < -0.39 is 17.5 Å². The van der Waals surface area contributed by atoms with Gasteiger partial charge in [-0.15, -0.1) is 0 Å². The average molecular weight is 476 g/mol. The van der Waals surface area contributed by atoms with Crippen molar-refractivity contribution in [1.82, 2.24) is 4.90 Å². The van der Waals surface area contributed by atoms with E-state index in [0.29, 0.717) is 35.7 Å². The lowest BCUT2D eigenvalue weighted by Crippen LogP contribution is -2.55. The Balaban J connectivity index is 1.88. The van der Waals surface area contributed by atoms with E-state index in [2.05, 4.69) is 0 Å². The molecule has 1 aliphatic carbocycles. The lowest BCUT2D eigenvalue weighted by atomic mass is 9.67. The molecule has 0 spiro atoms. The summed E-state index contributed by atoms with van der Waals surface area (Å²) in [6.07, 6.45) is 1.47. The minimum atomic E-state index is -1.06. The second-order valence-corrected chi connectivity index (χ2v) is 10.2. The number of aliphatic hydroxyl groups is 1. The standard InChI is InChI=1S/C25H27Cl2NO4/c1-25(14-22(30)31)13-21(16-3-2-4-18(27)11-16)23(15-5-7-17(26)8-6-15)28(24(25)32)19-9-10-20(29)12-19/h2-8,11,19-21,23,29H,9-10,12-14H2,1H3,(H,30,31)/t19-,20+,21+,23+,25+/m0/s1. The normalized spacial score (nSPS) is 30.5. The molecule has 2 fully saturated rings. The summed E-state index contributed by atoms with van der Waals surface area (Å²) in [5, 5.41) is 21.0. The third kappa shape index (κ3) is 4.52. The van der Waals surface area contributed by atoms with E-state index in [9.17, 15) is 19.8 Å². The SMILES string of the molecule is C[C@]1(CC(=O)O)C[C@H](c2cccc(Cl)c2)[C@@H](c2ccc(Cl)cc2)N([C@H]2CC[C@@H](O)C2)C1=O. The van der Waals surface area contributed by atoms with Crippen molar-refractivity contribution in [3.05, 3.63) is 69.7 Å². The van der Waals surface area contributed by atoms with E-state index in [0.717, 1.165) is 11.1 Å². The maximum absolute atomic E-state index is 13.9. The number of carboxylic acids is 1. The van der Waals surface area contributed by atoms with Crippen LogP contribution in [0.15, 0.2) is 48.5 Å². The van der Waals surface area contributed by atoms with Crippen LogP contribution in [0.2, 0.25) is 10.0 Å². The van der Waals surface area contributed by atoms with Crippen molar-refractivity contribution in [2.45, 2.75) is 63.1 Å². The second-order valence-electron chi connectivity index (χ2n) is 9.33. The first kappa shape index (κ1) is 23.1. The molecule has 5 nitrogen and oxygen atoms in total. The summed E-state index contributed by atoms with van der Waals surface area (Å²) in [5.74, 6) is -1.33. The fourth-order valence-electron chi connectivity index (χ4n) is 5.47. The Morgan fingerprint density at radius 3 is 2.41 bits per heavy atom. The second kappa shape index (κ2) is 9.05. The number of nitrogens with zero attached hydrogens (tertiary/aromatic N) is 1. The van der Waals surface area contributed by atoms with Crippen LogP contribution in [0.4, 0.5) is 0 Å². The van der Waals surface area contributed by atoms with E-state index in [-0.39, 0.29) is 30.3 Å². The molecule has 2 aromatic rings. The zero-order valence-corrected chi connectivity index (χ0v) is 19.4. The van der Waals surface area contributed by atoms with E-state index >= 15 is 0 Å². The van der Waals surface area contributed by atoms with Crippen molar-refractivity contribution < 1.29 is 19.8 Å². The summed E-state index contributed by atoms with van der Waals surface area (Å²) in [6.45, 7) is 1.75.